The lowest BCUT2D eigenvalue weighted by Gasteiger charge is -2.11. The molecular weight excluding hydrogens is 242 g/mol. The molecule has 1 aromatic heterocycles. The lowest BCUT2D eigenvalue weighted by Crippen LogP contribution is -2.12. The van der Waals surface area contributed by atoms with Gasteiger partial charge in [-0.3, -0.25) is 9.48 Å². The molecule has 2 rings (SSSR count). The number of para-hydroxylation sites is 2. The van der Waals surface area contributed by atoms with Crippen molar-refractivity contribution in [1.82, 2.24) is 9.78 Å². The summed E-state index contributed by atoms with van der Waals surface area (Å²) in [6.45, 7) is 2.66. The summed E-state index contributed by atoms with van der Waals surface area (Å²) in [4.78, 5) is 12.0. The Labute approximate surface area is 112 Å². The second-order valence-electron chi connectivity index (χ2n) is 4.20. The van der Waals surface area contributed by atoms with E-state index in [4.69, 9.17) is 4.74 Å². The molecule has 0 atom stereocenters. The number of aryl methyl sites for hydroxylation is 1. The Morgan fingerprint density at radius 1 is 1.42 bits per heavy atom. The number of rotatable bonds is 5. The molecule has 1 amide bonds. The van der Waals surface area contributed by atoms with Crippen LogP contribution >= 0.6 is 0 Å². The molecule has 0 fully saturated rings. The number of anilines is 1. The number of aromatic nitrogens is 2. The number of nitrogens with one attached hydrogen (secondary N) is 1. The number of amides is 1. The topological polar surface area (TPSA) is 56.1 Å². The van der Waals surface area contributed by atoms with Gasteiger partial charge in [0, 0.05) is 13.2 Å². The summed E-state index contributed by atoms with van der Waals surface area (Å²) in [5.74, 6) is 0.488. The highest BCUT2D eigenvalue weighted by Crippen LogP contribution is 2.24. The quantitative estimate of drug-likeness (QED) is 0.897. The van der Waals surface area contributed by atoms with Gasteiger partial charge in [0.2, 0.25) is 0 Å². The standard InChI is InChI=1S/C14H17N3O2/c1-3-8-19-13-7-5-4-6-12(13)16-14(18)11-9-15-17(2)10-11/h4-7,9-10H,3,8H2,1-2H3,(H,16,18). The van der Waals surface area contributed by atoms with Crippen LogP contribution in [0, 0.1) is 0 Å². The van der Waals surface area contributed by atoms with Crippen molar-refractivity contribution in [3.05, 3.63) is 42.2 Å². The van der Waals surface area contributed by atoms with E-state index in [0.29, 0.717) is 23.6 Å². The SMILES string of the molecule is CCCOc1ccccc1NC(=O)c1cnn(C)c1. The van der Waals surface area contributed by atoms with E-state index in [1.165, 1.54) is 6.20 Å². The minimum atomic E-state index is -0.194. The maximum atomic E-state index is 12.0. The third-order valence-electron chi connectivity index (χ3n) is 2.56. The van der Waals surface area contributed by atoms with Gasteiger partial charge in [0.1, 0.15) is 5.75 Å². The largest absolute Gasteiger partial charge is 0.491 e. The summed E-state index contributed by atoms with van der Waals surface area (Å²) in [7, 11) is 1.77. The number of hydrogen-bond donors (Lipinski definition) is 1. The van der Waals surface area contributed by atoms with E-state index in [1.54, 1.807) is 17.9 Å². The highest BCUT2D eigenvalue weighted by molar-refractivity contribution is 6.04. The number of ether oxygens (including phenoxy) is 1. The first-order chi connectivity index (χ1) is 9.20. The van der Waals surface area contributed by atoms with Crippen LogP contribution in [0.5, 0.6) is 5.75 Å². The van der Waals surface area contributed by atoms with Gasteiger partial charge in [-0.05, 0) is 18.6 Å². The second kappa shape index (κ2) is 6.04. The van der Waals surface area contributed by atoms with E-state index in [-0.39, 0.29) is 5.91 Å². The van der Waals surface area contributed by atoms with Crippen molar-refractivity contribution < 1.29 is 9.53 Å². The van der Waals surface area contributed by atoms with Gasteiger partial charge in [0.25, 0.3) is 5.91 Å². The average molecular weight is 259 g/mol. The minimum Gasteiger partial charge on any atom is -0.491 e. The maximum absolute atomic E-state index is 12.0. The summed E-state index contributed by atoms with van der Waals surface area (Å²) < 4.78 is 7.18. The molecule has 0 aliphatic carbocycles. The molecule has 2 aromatic rings. The third-order valence-corrected chi connectivity index (χ3v) is 2.56. The number of carbonyl (C=O) groups excluding carboxylic acids is 1. The molecule has 0 unspecified atom stereocenters. The van der Waals surface area contributed by atoms with E-state index in [0.717, 1.165) is 6.42 Å². The van der Waals surface area contributed by atoms with Crippen LogP contribution in [-0.4, -0.2) is 22.3 Å². The molecule has 5 heteroatoms. The summed E-state index contributed by atoms with van der Waals surface area (Å²) in [6, 6.07) is 7.40. The number of carbonyl (C=O) groups is 1. The number of hydrogen-bond acceptors (Lipinski definition) is 3. The molecular formula is C14H17N3O2. The Morgan fingerprint density at radius 3 is 2.89 bits per heavy atom. The van der Waals surface area contributed by atoms with Crippen LogP contribution in [0.2, 0.25) is 0 Å². The predicted molar refractivity (Wildman–Crippen MR) is 73.4 cm³/mol. The highest BCUT2D eigenvalue weighted by Gasteiger charge is 2.10. The summed E-state index contributed by atoms with van der Waals surface area (Å²) in [5.41, 5.74) is 1.19. The molecule has 1 aromatic carbocycles. The van der Waals surface area contributed by atoms with Gasteiger partial charge in [0.05, 0.1) is 24.1 Å². The lowest BCUT2D eigenvalue weighted by atomic mass is 10.2. The molecule has 0 bridgehead atoms. The fourth-order valence-electron chi connectivity index (χ4n) is 1.64. The van der Waals surface area contributed by atoms with Gasteiger partial charge in [-0.25, -0.2) is 0 Å². The van der Waals surface area contributed by atoms with Crippen molar-refractivity contribution in [1.29, 1.82) is 0 Å². The molecule has 100 valence electrons. The van der Waals surface area contributed by atoms with Gasteiger partial charge in [-0.1, -0.05) is 19.1 Å². The first-order valence-electron chi connectivity index (χ1n) is 6.22. The second-order valence-corrected chi connectivity index (χ2v) is 4.20. The normalized spacial score (nSPS) is 10.2. The van der Waals surface area contributed by atoms with Crippen molar-refractivity contribution in [2.24, 2.45) is 7.05 Å². The van der Waals surface area contributed by atoms with Crippen LogP contribution < -0.4 is 10.1 Å². The Bertz CT molecular complexity index is 563. The third kappa shape index (κ3) is 3.34. The molecule has 1 heterocycles. The predicted octanol–water partition coefficient (Wildman–Crippen LogP) is 2.46. The molecule has 0 saturated heterocycles. The van der Waals surface area contributed by atoms with Gasteiger partial charge < -0.3 is 10.1 Å². The van der Waals surface area contributed by atoms with Crippen molar-refractivity contribution in [3.63, 3.8) is 0 Å². The Morgan fingerprint density at radius 2 is 2.21 bits per heavy atom. The zero-order chi connectivity index (χ0) is 13.7. The van der Waals surface area contributed by atoms with Gasteiger partial charge in [-0.2, -0.15) is 5.10 Å². The average Bonchev–Trinajstić information content (AvgIpc) is 2.84. The van der Waals surface area contributed by atoms with Crippen molar-refractivity contribution in [2.75, 3.05) is 11.9 Å². The van der Waals surface area contributed by atoms with Gasteiger partial charge >= 0.3 is 0 Å². The lowest BCUT2D eigenvalue weighted by molar-refractivity contribution is 0.102. The summed E-state index contributed by atoms with van der Waals surface area (Å²) in [6.07, 6.45) is 4.13. The van der Waals surface area contributed by atoms with E-state index < -0.39 is 0 Å². The van der Waals surface area contributed by atoms with Crippen LogP contribution in [0.4, 0.5) is 5.69 Å². The van der Waals surface area contributed by atoms with Crippen molar-refractivity contribution in [2.45, 2.75) is 13.3 Å². The molecule has 0 spiro atoms. The fourth-order valence-corrected chi connectivity index (χ4v) is 1.64. The fraction of sp³-hybridized carbons (Fsp3) is 0.286. The summed E-state index contributed by atoms with van der Waals surface area (Å²) >= 11 is 0. The van der Waals surface area contributed by atoms with Crippen LogP contribution in [0.1, 0.15) is 23.7 Å². The molecule has 1 N–H and O–H groups in total. The molecule has 5 nitrogen and oxygen atoms in total. The monoisotopic (exact) mass is 259 g/mol. The smallest absolute Gasteiger partial charge is 0.258 e. The number of benzene rings is 1. The van der Waals surface area contributed by atoms with Crippen LogP contribution in [-0.2, 0) is 7.05 Å². The van der Waals surface area contributed by atoms with Crippen LogP contribution in [0.25, 0.3) is 0 Å². The molecule has 0 saturated carbocycles. The molecule has 0 aliphatic heterocycles. The van der Waals surface area contributed by atoms with E-state index in [1.807, 2.05) is 31.2 Å². The first kappa shape index (κ1) is 13.1. The maximum Gasteiger partial charge on any atom is 0.258 e. The van der Waals surface area contributed by atoms with E-state index >= 15 is 0 Å². The molecule has 0 aliphatic rings. The van der Waals surface area contributed by atoms with E-state index in [2.05, 4.69) is 10.4 Å². The minimum absolute atomic E-state index is 0.194. The Kier molecular flexibility index (Phi) is 4.18. The first-order valence-corrected chi connectivity index (χ1v) is 6.22. The molecule has 19 heavy (non-hydrogen) atoms. The number of nitrogens with zero attached hydrogens (tertiary/aromatic N) is 2. The van der Waals surface area contributed by atoms with E-state index in [9.17, 15) is 4.79 Å². The highest BCUT2D eigenvalue weighted by atomic mass is 16.5. The Balaban J connectivity index is 2.12. The van der Waals surface area contributed by atoms with Crippen LogP contribution in [0.3, 0.4) is 0 Å². The van der Waals surface area contributed by atoms with Crippen LogP contribution in [0.15, 0.2) is 36.7 Å². The molecule has 0 radical (unpaired) electrons. The van der Waals surface area contributed by atoms with Gasteiger partial charge in [0.15, 0.2) is 0 Å². The Hall–Kier alpha value is -2.30. The van der Waals surface area contributed by atoms with Crippen molar-refractivity contribution >= 4 is 11.6 Å². The summed E-state index contributed by atoms with van der Waals surface area (Å²) in [5, 5.41) is 6.81. The van der Waals surface area contributed by atoms with Crippen molar-refractivity contribution in [3.8, 4) is 5.75 Å². The zero-order valence-electron chi connectivity index (χ0n) is 11.1. The van der Waals surface area contributed by atoms with Gasteiger partial charge in [-0.15, -0.1) is 0 Å². The zero-order valence-corrected chi connectivity index (χ0v) is 11.1.